The van der Waals surface area contributed by atoms with Crippen LogP contribution in [-0.2, 0) is 9.59 Å². The maximum Gasteiger partial charge on any atom is 0.313 e. The van der Waals surface area contributed by atoms with Crippen LogP contribution in [0.3, 0.4) is 0 Å². The number of thiophene rings is 1. The van der Waals surface area contributed by atoms with Crippen molar-refractivity contribution in [2.24, 2.45) is 0 Å². The number of hydrogen-bond acceptors (Lipinski definition) is 6. The highest BCUT2D eigenvalue weighted by Crippen LogP contribution is 2.24. The van der Waals surface area contributed by atoms with E-state index in [1.165, 1.54) is 5.56 Å². The van der Waals surface area contributed by atoms with E-state index in [2.05, 4.69) is 43.9 Å². The number of anilines is 1. The Morgan fingerprint density at radius 3 is 2.65 bits per heavy atom. The number of nitrogens with one attached hydrogen (secondary N) is 2. The zero-order valence-corrected chi connectivity index (χ0v) is 18.6. The monoisotopic (exact) mass is 437 g/mol. The van der Waals surface area contributed by atoms with Gasteiger partial charge in [0.1, 0.15) is 0 Å². The van der Waals surface area contributed by atoms with Gasteiger partial charge in [-0.25, -0.2) is 0 Å². The first kappa shape index (κ1) is 21.4. The second-order valence-electron chi connectivity index (χ2n) is 7.90. The molecule has 1 fully saturated rings. The third-order valence-electron chi connectivity index (χ3n) is 5.66. The van der Waals surface area contributed by atoms with Gasteiger partial charge in [-0.1, -0.05) is 18.2 Å². The van der Waals surface area contributed by atoms with E-state index in [0.29, 0.717) is 12.2 Å². The first-order chi connectivity index (χ1) is 15.0. The van der Waals surface area contributed by atoms with Crippen molar-refractivity contribution < 1.29 is 9.59 Å². The molecule has 7 nitrogen and oxygen atoms in total. The zero-order valence-electron chi connectivity index (χ0n) is 17.8. The number of amides is 2. The predicted octanol–water partition coefficient (Wildman–Crippen LogP) is 2.65. The van der Waals surface area contributed by atoms with E-state index in [4.69, 9.17) is 0 Å². The van der Waals surface area contributed by atoms with Crippen molar-refractivity contribution in [2.45, 2.75) is 13.0 Å². The number of piperazine rings is 1. The molecule has 0 spiro atoms. The van der Waals surface area contributed by atoms with Gasteiger partial charge in [0, 0.05) is 43.8 Å². The van der Waals surface area contributed by atoms with Crippen LogP contribution in [-0.4, -0.2) is 66.4 Å². The third kappa shape index (κ3) is 5.10. The number of benzene rings is 1. The lowest BCUT2D eigenvalue weighted by molar-refractivity contribution is -0.136. The first-order valence-corrected chi connectivity index (χ1v) is 11.4. The summed E-state index contributed by atoms with van der Waals surface area (Å²) < 4.78 is 0. The van der Waals surface area contributed by atoms with E-state index in [1.807, 2.05) is 36.6 Å². The molecule has 2 aromatic heterocycles. The number of aromatic nitrogens is 1. The minimum atomic E-state index is -0.668. The number of carbonyl (C=O) groups is 2. The average molecular weight is 438 g/mol. The summed E-state index contributed by atoms with van der Waals surface area (Å²) in [5, 5.41) is 10.6. The number of likely N-dealkylation sites (N-methyl/N-ethyl adjacent to an activating group) is 1. The molecule has 0 bridgehead atoms. The second kappa shape index (κ2) is 9.55. The molecule has 3 aromatic rings. The maximum atomic E-state index is 12.6. The molecule has 8 heteroatoms. The van der Waals surface area contributed by atoms with Gasteiger partial charge in [-0.2, -0.15) is 11.3 Å². The number of fused-ring (bicyclic) bond motifs is 1. The van der Waals surface area contributed by atoms with Gasteiger partial charge in [0.05, 0.1) is 17.2 Å². The minimum Gasteiger partial charge on any atom is -0.346 e. The summed E-state index contributed by atoms with van der Waals surface area (Å²) in [6.45, 7) is 6.10. The molecular formula is C23H27N5O2S. The number of rotatable bonds is 5. The Kier molecular flexibility index (Phi) is 6.60. The van der Waals surface area contributed by atoms with Gasteiger partial charge in [-0.3, -0.25) is 19.5 Å². The van der Waals surface area contributed by atoms with E-state index < -0.39 is 11.8 Å². The van der Waals surface area contributed by atoms with Crippen LogP contribution in [0.1, 0.15) is 17.3 Å². The lowest BCUT2D eigenvalue weighted by Gasteiger charge is -2.37. The molecule has 1 atom stereocenters. The summed E-state index contributed by atoms with van der Waals surface area (Å²) >= 11 is 1.64. The van der Waals surface area contributed by atoms with Gasteiger partial charge in [-0.15, -0.1) is 0 Å². The molecule has 2 N–H and O–H groups in total. The van der Waals surface area contributed by atoms with Crippen LogP contribution in [0.4, 0.5) is 5.69 Å². The van der Waals surface area contributed by atoms with Crippen molar-refractivity contribution in [3.05, 3.63) is 58.4 Å². The quantitative estimate of drug-likeness (QED) is 0.600. The van der Waals surface area contributed by atoms with Crippen molar-refractivity contribution in [1.82, 2.24) is 20.1 Å². The van der Waals surface area contributed by atoms with Gasteiger partial charge in [0.2, 0.25) is 0 Å². The number of aryl methyl sites for hydroxylation is 1. The lowest BCUT2D eigenvalue weighted by Crippen LogP contribution is -2.49. The van der Waals surface area contributed by atoms with Crippen LogP contribution in [0.25, 0.3) is 10.9 Å². The SMILES string of the molecule is Cc1cc(NC(=O)C(=O)NC[C@@H](c2ccsc2)N2CCN(C)CC2)c2ccccc2n1. The Morgan fingerprint density at radius 1 is 1.13 bits per heavy atom. The van der Waals surface area contributed by atoms with Gasteiger partial charge in [0.25, 0.3) is 0 Å². The molecule has 1 aromatic carbocycles. The summed E-state index contributed by atoms with van der Waals surface area (Å²) in [5.41, 5.74) is 3.33. The third-order valence-corrected chi connectivity index (χ3v) is 6.36. The Morgan fingerprint density at radius 2 is 1.90 bits per heavy atom. The molecule has 0 unspecified atom stereocenters. The van der Waals surface area contributed by atoms with Crippen molar-refractivity contribution in [3.8, 4) is 0 Å². The zero-order chi connectivity index (χ0) is 21.8. The Bertz CT molecular complexity index is 1060. The number of carbonyl (C=O) groups excluding carboxylic acids is 2. The number of nitrogens with zero attached hydrogens (tertiary/aromatic N) is 3. The van der Waals surface area contributed by atoms with Crippen molar-refractivity contribution in [2.75, 3.05) is 45.1 Å². The van der Waals surface area contributed by atoms with Crippen LogP contribution in [0.2, 0.25) is 0 Å². The summed E-state index contributed by atoms with van der Waals surface area (Å²) in [7, 11) is 2.12. The van der Waals surface area contributed by atoms with Gasteiger partial charge >= 0.3 is 11.8 Å². The topological polar surface area (TPSA) is 77.6 Å². The van der Waals surface area contributed by atoms with Crippen molar-refractivity contribution >= 4 is 39.7 Å². The van der Waals surface area contributed by atoms with E-state index >= 15 is 0 Å². The Labute approximate surface area is 186 Å². The number of hydrogen-bond donors (Lipinski definition) is 2. The van der Waals surface area contributed by atoms with Crippen LogP contribution >= 0.6 is 11.3 Å². The van der Waals surface area contributed by atoms with Gasteiger partial charge < -0.3 is 15.5 Å². The van der Waals surface area contributed by atoms with E-state index in [1.54, 1.807) is 17.4 Å². The standard InChI is InChI=1S/C23H27N5O2S/c1-16-13-20(18-5-3-4-6-19(18)25-16)26-23(30)22(29)24-14-21(17-7-12-31-15-17)28-10-8-27(2)9-11-28/h3-7,12-13,15,21H,8-11,14H2,1-2H3,(H,24,29)(H,25,26,30)/t21-/m0/s1. The summed E-state index contributed by atoms with van der Waals surface area (Å²) in [4.78, 5) is 34.4. The van der Waals surface area contributed by atoms with Gasteiger partial charge in [0.15, 0.2) is 0 Å². The molecule has 0 radical (unpaired) electrons. The molecule has 4 rings (SSSR count). The fraction of sp³-hybridized carbons (Fsp3) is 0.348. The molecule has 3 heterocycles. The molecular weight excluding hydrogens is 410 g/mol. The van der Waals surface area contributed by atoms with Crippen LogP contribution in [0, 0.1) is 6.92 Å². The smallest absolute Gasteiger partial charge is 0.313 e. The molecule has 2 amide bonds. The number of para-hydroxylation sites is 1. The van der Waals surface area contributed by atoms with E-state index in [9.17, 15) is 9.59 Å². The highest BCUT2D eigenvalue weighted by Gasteiger charge is 2.26. The molecule has 1 aliphatic heterocycles. The average Bonchev–Trinajstić information content (AvgIpc) is 3.29. The summed E-state index contributed by atoms with van der Waals surface area (Å²) in [5.74, 6) is -1.30. The molecule has 1 aliphatic rings. The Balaban J connectivity index is 1.43. The molecule has 162 valence electrons. The summed E-state index contributed by atoms with van der Waals surface area (Å²) in [6, 6.07) is 11.5. The molecule has 0 aliphatic carbocycles. The Hall–Kier alpha value is -2.81. The normalized spacial score (nSPS) is 16.2. The predicted molar refractivity (Wildman–Crippen MR) is 124 cm³/mol. The second-order valence-corrected chi connectivity index (χ2v) is 8.68. The molecule has 1 saturated heterocycles. The largest absolute Gasteiger partial charge is 0.346 e. The van der Waals surface area contributed by atoms with E-state index in [0.717, 1.165) is 42.8 Å². The van der Waals surface area contributed by atoms with Crippen LogP contribution < -0.4 is 10.6 Å². The molecule has 0 saturated carbocycles. The van der Waals surface area contributed by atoms with Crippen LogP contribution in [0.15, 0.2) is 47.2 Å². The lowest BCUT2D eigenvalue weighted by atomic mass is 10.1. The fourth-order valence-corrected chi connectivity index (χ4v) is 4.62. The maximum absolute atomic E-state index is 12.6. The highest BCUT2D eigenvalue weighted by atomic mass is 32.1. The molecule has 31 heavy (non-hydrogen) atoms. The highest BCUT2D eigenvalue weighted by molar-refractivity contribution is 7.08. The first-order valence-electron chi connectivity index (χ1n) is 10.4. The van der Waals surface area contributed by atoms with E-state index in [-0.39, 0.29) is 6.04 Å². The van der Waals surface area contributed by atoms with Gasteiger partial charge in [-0.05, 0) is 48.5 Å². The number of pyridine rings is 1. The minimum absolute atomic E-state index is 0.0562. The fourth-order valence-electron chi connectivity index (χ4n) is 3.92. The van der Waals surface area contributed by atoms with Crippen molar-refractivity contribution in [1.29, 1.82) is 0 Å². The van der Waals surface area contributed by atoms with Crippen LogP contribution in [0.5, 0.6) is 0 Å². The van der Waals surface area contributed by atoms with Crippen molar-refractivity contribution in [3.63, 3.8) is 0 Å². The summed E-state index contributed by atoms with van der Waals surface area (Å²) in [6.07, 6.45) is 0.